The number of carbonyl (C=O) groups is 2. The summed E-state index contributed by atoms with van der Waals surface area (Å²) in [5, 5.41) is 5.47. The molecule has 0 aliphatic carbocycles. The number of carbonyl (C=O) groups excluding carboxylic acids is 2. The SMILES string of the molecule is O=C(CCS(=O)(=O)c1ccc(Cl)cc1)NCC(=O)Nc1ccccc1Br. The molecule has 2 N–H and O–H groups in total. The van der Waals surface area contributed by atoms with Gasteiger partial charge in [0.2, 0.25) is 11.8 Å². The maximum absolute atomic E-state index is 12.2. The Bertz CT molecular complexity index is 901. The first-order valence-corrected chi connectivity index (χ1v) is 10.4. The van der Waals surface area contributed by atoms with E-state index in [0.29, 0.717) is 15.2 Å². The van der Waals surface area contributed by atoms with E-state index in [1.807, 2.05) is 6.07 Å². The van der Waals surface area contributed by atoms with Crippen LogP contribution < -0.4 is 10.6 Å². The van der Waals surface area contributed by atoms with Crippen LogP contribution in [0.4, 0.5) is 5.69 Å². The molecule has 0 aliphatic heterocycles. The van der Waals surface area contributed by atoms with Crippen LogP contribution in [-0.2, 0) is 19.4 Å². The molecule has 0 saturated carbocycles. The summed E-state index contributed by atoms with van der Waals surface area (Å²) in [6.07, 6.45) is -0.243. The highest BCUT2D eigenvalue weighted by molar-refractivity contribution is 9.10. The smallest absolute Gasteiger partial charge is 0.243 e. The Morgan fingerprint density at radius 3 is 2.31 bits per heavy atom. The normalized spacial score (nSPS) is 11.0. The zero-order valence-electron chi connectivity index (χ0n) is 13.5. The monoisotopic (exact) mass is 458 g/mol. The first-order valence-electron chi connectivity index (χ1n) is 7.57. The van der Waals surface area contributed by atoms with Crippen molar-refractivity contribution in [3.05, 3.63) is 58.0 Å². The fourth-order valence-electron chi connectivity index (χ4n) is 2.01. The molecule has 2 aromatic rings. The fourth-order valence-corrected chi connectivity index (χ4v) is 3.76. The van der Waals surface area contributed by atoms with Gasteiger partial charge in [0.05, 0.1) is 22.9 Å². The molecule has 2 aromatic carbocycles. The number of benzene rings is 2. The van der Waals surface area contributed by atoms with E-state index in [4.69, 9.17) is 11.6 Å². The molecular weight excluding hydrogens is 444 g/mol. The quantitative estimate of drug-likeness (QED) is 0.666. The lowest BCUT2D eigenvalue weighted by molar-refractivity contribution is -0.123. The number of anilines is 1. The molecule has 0 bridgehead atoms. The van der Waals surface area contributed by atoms with Crippen molar-refractivity contribution in [2.45, 2.75) is 11.3 Å². The Kier molecular flexibility index (Phi) is 7.19. The lowest BCUT2D eigenvalue weighted by Crippen LogP contribution is -2.33. The van der Waals surface area contributed by atoms with Crippen LogP contribution >= 0.6 is 27.5 Å². The van der Waals surface area contributed by atoms with E-state index < -0.39 is 21.7 Å². The van der Waals surface area contributed by atoms with E-state index in [1.54, 1.807) is 18.2 Å². The zero-order chi connectivity index (χ0) is 19.2. The highest BCUT2D eigenvalue weighted by atomic mass is 79.9. The van der Waals surface area contributed by atoms with E-state index in [9.17, 15) is 18.0 Å². The first kappa shape index (κ1) is 20.4. The van der Waals surface area contributed by atoms with E-state index >= 15 is 0 Å². The maximum Gasteiger partial charge on any atom is 0.243 e. The molecule has 2 rings (SSSR count). The predicted octanol–water partition coefficient (Wildman–Crippen LogP) is 3.02. The van der Waals surface area contributed by atoms with Crippen molar-refractivity contribution >= 4 is 54.9 Å². The first-order chi connectivity index (χ1) is 12.3. The number of sulfone groups is 1. The average molecular weight is 460 g/mol. The molecule has 0 spiro atoms. The molecule has 9 heteroatoms. The van der Waals surface area contributed by atoms with Crippen molar-refractivity contribution in [3.8, 4) is 0 Å². The Morgan fingerprint density at radius 1 is 1.00 bits per heavy atom. The molecule has 6 nitrogen and oxygen atoms in total. The van der Waals surface area contributed by atoms with E-state index in [0.717, 1.165) is 0 Å². The van der Waals surface area contributed by atoms with Gasteiger partial charge in [0.1, 0.15) is 0 Å². The second-order valence-electron chi connectivity index (χ2n) is 5.33. The number of halogens is 2. The van der Waals surface area contributed by atoms with Gasteiger partial charge < -0.3 is 10.6 Å². The lowest BCUT2D eigenvalue weighted by atomic mass is 10.3. The van der Waals surface area contributed by atoms with Gasteiger partial charge in [-0.1, -0.05) is 23.7 Å². The Morgan fingerprint density at radius 2 is 1.65 bits per heavy atom. The minimum atomic E-state index is -3.59. The van der Waals surface area contributed by atoms with Gasteiger partial charge in [0, 0.05) is 15.9 Å². The summed E-state index contributed by atoms with van der Waals surface area (Å²) >= 11 is 9.03. The van der Waals surface area contributed by atoms with Crippen molar-refractivity contribution in [1.29, 1.82) is 0 Å². The molecule has 0 atom stereocenters. The maximum atomic E-state index is 12.2. The molecule has 138 valence electrons. The summed E-state index contributed by atoms with van der Waals surface area (Å²) in [6.45, 7) is -0.249. The van der Waals surface area contributed by atoms with Gasteiger partial charge in [-0.3, -0.25) is 9.59 Å². The molecule has 0 heterocycles. The highest BCUT2D eigenvalue weighted by Gasteiger charge is 2.17. The number of rotatable bonds is 7. The number of hydrogen-bond acceptors (Lipinski definition) is 4. The van der Waals surface area contributed by atoms with Crippen molar-refractivity contribution in [1.82, 2.24) is 5.32 Å². The zero-order valence-corrected chi connectivity index (χ0v) is 16.7. The van der Waals surface area contributed by atoms with Gasteiger partial charge in [-0.05, 0) is 52.3 Å². The molecule has 0 saturated heterocycles. The van der Waals surface area contributed by atoms with E-state index in [2.05, 4.69) is 26.6 Å². The van der Waals surface area contributed by atoms with Crippen LogP contribution in [0.2, 0.25) is 5.02 Å². The molecule has 26 heavy (non-hydrogen) atoms. The number of para-hydroxylation sites is 1. The van der Waals surface area contributed by atoms with Gasteiger partial charge in [-0.25, -0.2) is 8.42 Å². The van der Waals surface area contributed by atoms with Gasteiger partial charge in [-0.2, -0.15) is 0 Å². The van der Waals surface area contributed by atoms with Crippen molar-refractivity contribution in [2.75, 3.05) is 17.6 Å². The summed E-state index contributed by atoms with van der Waals surface area (Å²) in [4.78, 5) is 23.8. The van der Waals surface area contributed by atoms with Gasteiger partial charge in [0.15, 0.2) is 9.84 Å². The molecule has 0 aromatic heterocycles. The minimum Gasteiger partial charge on any atom is -0.347 e. The largest absolute Gasteiger partial charge is 0.347 e. The van der Waals surface area contributed by atoms with Crippen molar-refractivity contribution < 1.29 is 18.0 Å². The van der Waals surface area contributed by atoms with Crippen LogP contribution in [0.15, 0.2) is 57.9 Å². The third kappa shape index (κ3) is 6.12. The summed E-state index contributed by atoms with van der Waals surface area (Å²) < 4.78 is 25.0. The Labute approximate surface area is 165 Å². The summed E-state index contributed by atoms with van der Waals surface area (Å²) in [6, 6.07) is 12.8. The Balaban J connectivity index is 1.80. The number of amides is 2. The molecule has 0 aliphatic rings. The predicted molar refractivity (Wildman–Crippen MR) is 104 cm³/mol. The third-order valence-corrected chi connectivity index (χ3v) is 6.04. The molecule has 2 amide bonds. The van der Waals surface area contributed by atoms with Crippen molar-refractivity contribution in [2.24, 2.45) is 0 Å². The molecule has 0 unspecified atom stereocenters. The summed E-state index contributed by atoms with van der Waals surface area (Å²) in [5.74, 6) is -1.29. The number of nitrogens with one attached hydrogen (secondary N) is 2. The molecular formula is C17H16BrClN2O4S. The van der Waals surface area contributed by atoms with Crippen LogP contribution in [0, 0.1) is 0 Å². The Hall–Kier alpha value is -1.90. The van der Waals surface area contributed by atoms with Crippen molar-refractivity contribution in [3.63, 3.8) is 0 Å². The standard InChI is InChI=1S/C17H16BrClN2O4S/c18-14-3-1-2-4-15(14)21-17(23)11-20-16(22)9-10-26(24,25)13-7-5-12(19)6-8-13/h1-8H,9-11H2,(H,20,22)(H,21,23). The van der Waals surface area contributed by atoms with Crippen LogP contribution in [0.25, 0.3) is 0 Å². The number of hydrogen-bond donors (Lipinski definition) is 2. The average Bonchev–Trinajstić information content (AvgIpc) is 2.60. The van der Waals surface area contributed by atoms with Gasteiger partial charge >= 0.3 is 0 Å². The fraction of sp³-hybridized carbons (Fsp3) is 0.176. The van der Waals surface area contributed by atoms with E-state index in [1.165, 1.54) is 24.3 Å². The van der Waals surface area contributed by atoms with Crippen LogP contribution in [0.5, 0.6) is 0 Å². The van der Waals surface area contributed by atoms with Crippen LogP contribution in [0.1, 0.15) is 6.42 Å². The van der Waals surface area contributed by atoms with Crippen LogP contribution in [0.3, 0.4) is 0 Å². The van der Waals surface area contributed by atoms with Gasteiger partial charge in [0.25, 0.3) is 0 Å². The summed E-state index contributed by atoms with van der Waals surface area (Å²) in [7, 11) is -3.59. The topological polar surface area (TPSA) is 92.3 Å². The minimum absolute atomic E-state index is 0.0985. The van der Waals surface area contributed by atoms with Gasteiger partial charge in [-0.15, -0.1) is 0 Å². The molecule has 0 fully saturated rings. The summed E-state index contributed by atoms with van der Waals surface area (Å²) in [5.41, 5.74) is 0.581. The third-order valence-electron chi connectivity index (χ3n) is 3.36. The van der Waals surface area contributed by atoms with E-state index in [-0.39, 0.29) is 23.6 Å². The second kappa shape index (κ2) is 9.16. The highest BCUT2D eigenvalue weighted by Crippen LogP contribution is 2.20. The van der Waals surface area contributed by atoms with Crippen LogP contribution in [-0.4, -0.2) is 32.5 Å². The molecule has 0 radical (unpaired) electrons. The second-order valence-corrected chi connectivity index (χ2v) is 8.73. The lowest BCUT2D eigenvalue weighted by Gasteiger charge is -2.09.